The molecule has 1 saturated heterocycles. The van der Waals surface area contributed by atoms with Gasteiger partial charge in [-0.1, -0.05) is 24.6 Å². The summed E-state index contributed by atoms with van der Waals surface area (Å²) in [4.78, 5) is 15.8. The highest BCUT2D eigenvalue weighted by atomic mass is 35.5. The lowest BCUT2D eigenvalue weighted by atomic mass is 10.0. The molecule has 1 aliphatic heterocycles. The maximum absolute atomic E-state index is 11.4. The van der Waals surface area contributed by atoms with Crippen LogP contribution in [0.2, 0.25) is 5.02 Å². The number of anilines is 1. The number of aromatic carboxylic acids is 1. The van der Waals surface area contributed by atoms with Gasteiger partial charge in [-0.3, -0.25) is 0 Å². The number of hydrogen-bond donors (Lipinski definition) is 1. The summed E-state index contributed by atoms with van der Waals surface area (Å²) < 4.78 is 0. The second kappa shape index (κ2) is 6.46. The molecule has 1 aromatic carbocycles. The van der Waals surface area contributed by atoms with Crippen molar-refractivity contribution in [1.29, 1.82) is 0 Å². The van der Waals surface area contributed by atoms with Crippen LogP contribution in [-0.4, -0.2) is 48.7 Å². The maximum atomic E-state index is 11.4. The first-order valence-electron chi connectivity index (χ1n) is 7.01. The summed E-state index contributed by atoms with van der Waals surface area (Å²) in [6, 6.07) is 5.39. The zero-order valence-corrected chi connectivity index (χ0v) is 12.7. The largest absolute Gasteiger partial charge is 0.478 e. The monoisotopic (exact) mass is 296 g/mol. The van der Waals surface area contributed by atoms with Gasteiger partial charge in [-0.15, -0.1) is 0 Å². The minimum Gasteiger partial charge on any atom is -0.478 e. The fourth-order valence-corrected chi connectivity index (χ4v) is 3.16. The lowest BCUT2D eigenvalue weighted by molar-refractivity contribution is 0.0697. The van der Waals surface area contributed by atoms with Crippen LogP contribution in [0.15, 0.2) is 18.2 Å². The van der Waals surface area contributed by atoms with E-state index in [1.165, 1.54) is 0 Å². The van der Waals surface area contributed by atoms with Gasteiger partial charge < -0.3 is 14.9 Å². The Labute approximate surface area is 124 Å². The lowest BCUT2D eigenvalue weighted by Crippen LogP contribution is -2.43. The van der Waals surface area contributed by atoms with E-state index < -0.39 is 5.97 Å². The zero-order chi connectivity index (χ0) is 14.7. The van der Waals surface area contributed by atoms with Crippen molar-refractivity contribution >= 4 is 23.3 Å². The summed E-state index contributed by atoms with van der Waals surface area (Å²) in [6.07, 6.45) is 2.07. The van der Waals surface area contributed by atoms with Crippen LogP contribution in [-0.2, 0) is 0 Å². The van der Waals surface area contributed by atoms with Gasteiger partial charge in [0.25, 0.3) is 0 Å². The zero-order valence-electron chi connectivity index (χ0n) is 12.0. The van der Waals surface area contributed by atoms with E-state index in [9.17, 15) is 9.90 Å². The Hall–Kier alpha value is -1.26. The summed E-state index contributed by atoms with van der Waals surface area (Å²) in [5.74, 6) is -0.930. The van der Waals surface area contributed by atoms with E-state index in [-0.39, 0.29) is 5.56 Å². The minimum atomic E-state index is -0.930. The molecule has 0 unspecified atom stereocenters. The maximum Gasteiger partial charge on any atom is 0.337 e. The Morgan fingerprint density at radius 2 is 2.10 bits per heavy atom. The molecule has 1 fully saturated rings. The number of halogens is 1. The number of rotatable bonds is 4. The summed E-state index contributed by atoms with van der Waals surface area (Å²) in [5.41, 5.74) is 0.912. The number of carboxylic acid groups (broad SMARTS) is 1. The predicted octanol–water partition coefficient (Wildman–Crippen LogP) is 2.96. The molecule has 1 aromatic rings. The molecule has 1 heterocycles. The third kappa shape index (κ3) is 3.07. The minimum absolute atomic E-state index is 0.276. The summed E-state index contributed by atoms with van der Waals surface area (Å²) in [6.45, 7) is 5.35. The number of para-hydroxylation sites is 1. The van der Waals surface area contributed by atoms with Crippen molar-refractivity contribution in [2.24, 2.45) is 0 Å². The molecular weight excluding hydrogens is 276 g/mol. The fraction of sp³-hybridized carbons (Fsp3) is 0.533. The molecule has 4 nitrogen and oxygen atoms in total. The van der Waals surface area contributed by atoms with Crippen LogP contribution in [0.5, 0.6) is 0 Å². The van der Waals surface area contributed by atoms with Crippen LogP contribution in [0.4, 0.5) is 5.69 Å². The molecule has 0 spiro atoms. The van der Waals surface area contributed by atoms with Gasteiger partial charge in [-0.2, -0.15) is 0 Å². The third-order valence-corrected chi connectivity index (χ3v) is 4.43. The highest BCUT2D eigenvalue weighted by molar-refractivity contribution is 6.34. The number of nitrogens with zero attached hydrogens (tertiary/aromatic N) is 2. The molecule has 2 rings (SSSR count). The van der Waals surface area contributed by atoms with Crippen molar-refractivity contribution < 1.29 is 9.90 Å². The van der Waals surface area contributed by atoms with Gasteiger partial charge in [-0.05, 0) is 31.5 Å². The van der Waals surface area contributed by atoms with Crippen LogP contribution in [0, 0.1) is 0 Å². The number of carbonyl (C=O) groups is 1. The number of piperidine rings is 1. The van der Waals surface area contributed by atoms with E-state index in [4.69, 9.17) is 11.6 Å². The first-order valence-corrected chi connectivity index (χ1v) is 7.39. The molecule has 110 valence electrons. The van der Waals surface area contributed by atoms with Gasteiger partial charge in [0.05, 0.1) is 16.3 Å². The molecule has 0 atom stereocenters. The van der Waals surface area contributed by atoms with Crippen LogP contribution >= 0.6 is 11.6 Å². The standard InChI is InChI=1S/C15H21ClN2O2/c1-3-18-9-7-11(8-10-18)17(2)14-12(15(19)20)5-4-6-13(14)16/h4-6,11H,3,7-10H2,1-2H3,(H,19,20). The normalized spacial score (nSPS) is 17.1. The summed E-state index contributed by atoms with van der Waals surface area (Å²) in [5, 5.41) is 9.83. The average molecular weight is 297 g/mol. The van der Waals surface area contributed by atoms with Gasteiger partial charge in [0, 0.05) is 26.2 Å². The van der Waals surface area contributed by atoms with E-state index in [2.05, 4.69) is 11.8 Å². The van der Waals surface area contributed by atoms with Crippen LogP contribution < -0.4 is 4.90 Å². The topological polar surface area (TPSA) is 43.8 Å². The molecule has 0 amide bonds. The molecule has 0 radical (unpaired) electrons. The van der Waals surface area contributed by atoms with Crippen molar-refractivity contribution in [2.45, 2.75) is 25.8 Å². The Balaban J connectivity index is 2.21. The van der Waals surface area contributed by atoms with Crippen molar-refractivity contribution in [1.82, 2.24) is 4.90 Å². The SMILES string of the molecule is CCN1CCC(N(C)c2c(Cl)cccc2C(=O)O)CC1. The van der Waals surface area contributed by atoms with Gasteiger partial charge in [0.2, 0.25) is 0 Å². The highest BCUT2D eigenvalue weighted by Crippen LogP contribution is 2.32. The Kier molecular flexibility index (Phi) is 4.89. The highest BCUT2D eigenvalue weighted by Gasteiger charge is 2.25. The van der Waals surface area contributed by atoms with Gasteiger partial charge in [-0.25, -0.2) is 4.79 Å². The Bertz CT molecular complexity index is 485. The van der Waals surface area contributed by atoms with Crippen molar-refractivity contribution in [2.75, 3.05) is 31.6 Å². The van der Waals surface area contributed by atoms with Crippen LogP contribution in [0.25, 0.3) is 0 Å². The molecule has 0 aliphatic carbocycles. The van der Waals surface area contributed by atoms with E-state index >= 15 is 0 Å². The first-order chi connectivity index (χ1) is 9.54. The van der Waals surface area contributed by atoms with E-state index in [0.717, 1.165) is 32.5 Å². The molecule has 5 heteroatoms. The van der Waals surface area contributed by atoms with Crippen LogP contribution in [0.1, 0.15) is 30.1 Å². The van der Waals surface area contributed by atoms with Crippen LogP contribution in [0.3, 0.4) is 0 Å². The quantitative estimate of drug-likeness (QED) is 0.928. The van der Waals surface area contributed by atoms with Crippen molar-refractivity contribution in [3.05, 3.63) is 28.8 Å². The molecule has 1 N–H and O–H groups in total. The Morgan fingerprint density at radius 1 is 1.45 bits per heavy atom. The van der Waals surface area contributed by atoms with Crippen molar-refractivity contribution in [3.63, 3.8) is 0 Å². The number of likely N-dealkylation sites (tertiary alicyclic amines) is 1. The summed E-state index contributed by atoms with van der Waals surface area (Å²) >= 11 is 6.23. The summed E-state index contributed by atoms with van der Waals surface area (Å²) in [7, 11) is 1.94. The molecule has 0 bridgehead atoms. The first kappa shape index (κ1) is 15.1. The van der Waals surface area contributed by atoms with Gasteiger partial charge in [0.1, 0.15) is 0 Å². The third-order valence-electron chi connectivity index (χ3n) is 4.12. The average Bonchev–Trinajstić information content (AvgIpc) is 2.46. The van der Waals surface area contributed by atoms with E-state index in [0.29, 0.717) is 16.8 Å². The molecular formula is C15H21ClN2O2. The number of hydrogen-bond acceptors (Lipinski definition) is 3. The lowest BCUT2D eigenvalue weighted by Gasteiger charge is -2.38. The van der Waals surface area contributed by atoms with Crippen molar-refractivity contribution in [3.8, 4) is 0 Å². The second-order valence-electron chi connectivity index (χ2n) is 5.22. The second-order valence-corrected chi connectivity index (χ2v) is 5.62. The van der Waals surface area contributed by atoms with Gasteiger partial charge >= 0.3 is 5.97 Å². The molecule has 0 saturated carbocycles. The molecule has 1 aliphatic rings. The Morgan fingerprint density at radius 3 is 2.65 bits per heavy atom. The smallest absolute Gasteiger partial charge is 0.337 e. The number of benzene rings is 1. The van der Waals surface area contributed by atoms with Gasteiger partial charge in [0.15, 0.2) is 0 Å². The van der Waals surface area contributed by atoms with E-state index in [1.807, 2.05) is 11.9 Å². The predicted molar refractivity (Wildman–Crippen MR) is 82.0 cm³/mol. The van der Waals surface area contributed by atoms with E-state index in [1.54, 1.807) is 18.2 Å². The number of carboxylic acids is 1. The fourth-order valence-electron chi connectivity index (χ4n) is 2.85. The molecule has 20 heavy (non-hydrogen) atoms. The molecule has 0 aromatic heterocycles.